The van der Waals surface area contributed by atoms with Crippen LogP contribution in [0.1, 0.15) is 0 Å². The largest absolute Gasteiger partial charge is 0.0622 e. The molecule has 0 atom stereocenters. The second-order valence-corrected chi connectivity index (χ2v) is 18.3. The Morgan fingerprint density at radius 2 is 0.271 bits per heavy atom. The Bertz CT molecular complexity index is 3840. The Balaban J connectivity index is 1.07. The van der Waals surface area contributed by atoms with Crippen molar-refractivity contribution in [2.24, 2.45) is 0 Å². The molecular formula is C70H46. The highest BCUT2D eigenvalue weighted by molar-refractivity contribution is 6.09. The lowest BCUT2D eigenvalue weighted by Gasteiger charge is -2.22. The summed E-state index contributed by atoms with van der Waals surface area (Å²) in [5, 5.41) is 9.73. The van der Waals surface area contributed by atoms with Crippen molar-refractivity contribution in [1.29, 1.82) is 0 Å². The molecule has 0 radical (unpaired) electrons. The summed E-state index contributed by atoms with van der Waals surface area (Å²) in [6.07, 6.45) is 0. The molecule has 0 unspecified atom stereocenters. The molecule has 0 N–H and O–H groups in total. The molecular weight excluding hydrogens is 841 g/mol. The van der Waals surface area contributed by atoms with E-state index in [-0.39, 0.29) is 0 Å². The van der Waals surface area contributed by atoms with Gasteiger partial charge in [0.15, 0.2) is 0 Å². The lowest BCUT2D eigenvalue weighted by Crippen LogP contribution is -1.96. The van der Waals surface area contributed by atoms with Crippen LogP contribution >= 0.6 is 0 Å². The van der Waals surface area contributed by atoms with E-state index in [0.29, 0.717) is 0 Å². The molecule has 0 aliphatic carbocycles. The van der Waals surface area contributed by atoms with E-state index < -0.39 is 0 Å². The van der Waals surface area contributed by atoms with Crippen molar-refractivity contribution in [3.63, 3.8) is 0 Å². The van der Waals surface area contributed by atoms with Crippen molar-refractivity contribution < 1.29 is 0 Å². The molecule has 0 heteroatoms. The monoisotopic (exact) mass is 886 g/mol. The molecule has 0 saturated carbocycles. The molecule has 0 aromatic heterocycles. The van der Waals surface area contributed by atoms with Gasteiger partial charge in [0.1, 0.15) is 0 Å². The Morgan fingerprint density at radius 3 is 0.486 bits per heavy atom. The molecule has 0 heterocycles. The Morgan fingerprint density at radius 1 is 0.114 bits per heavy atom. The van der Waals surface area contributed by atoms with Gasteiger partial charge in [-0.05, 0) is 181 Å². The van der Waals surface area contributed by atoms with Crippen molar-refractivity contribution >= 4 is 43.1 Å². The minimum atomic E-state index is 1.18. The molecule has 0 amide bonds. The predicted octanol–water partition coefficient (Wildman–Crippen LogP) is 19.6. The maximum atomic E-state index is 2.43. The van der Waals surface area contributed by atoms with Crippen LogP contribution < -0.4 is 0 Å². The third-order valence-corrected chi connectivity index (χ3v) is 14.2. The van der Waals surface area contributed by atoms with Crippen LogP contribution in [0, 0.1) is 0 Å². The maximum absolute atomic E-state index is 2.43. The molecule has 0 spiro atoms. The first-order valence-electron chi connectivity index (χ1n) is 24.2. The van der Waals surface area contributed by atoms with Gasteiger partial charge in [0, 0.05) is 0 Å². The van der Waals surface area contributed by atoms with E-state index in [1.165, 1.54) is 132 Å². The minimum absolute atomic E-state index is 1.18. The molecule has 0 bridgehead atoms. The van der Waals surface area contributed by atoms with E-state index in [0.717, 1.165) is 0 Å². The SMILES string of the molecule is c1ccc(-c2cc3ccccc3cc2-c2ccccc2-c2cc3ccccc3cc2-c2ccccc2-c2cc3ccccc3cc2-c2ccccc2-c2cc3ccccc3cc2-c2ccccc2)cc1. The fourth-order valence-corrected chi connectivity index (χ4v) is 10.9. The van der Waals surface area contributed by atoms with Crippen LogP contribution in [0.4, 0.5) is 0 Å². The van der Waals surface area contributed by atoms with Crippen molar-refractivity contribution in [3.8, 4) is 89.0 Å². The molecule has 13 aromatic carbocycles. The summed E-state index contributed by atoms with van der Waals surface area (Å²) in [6, 6.07) is 103. The normalized spacial score (nSPS) is 11.4. The Kier molecular flexibility index (Phi) is 10.3. The summed E-state index contributed by atoms with van der Waals surface area (Å²) in [4.78, 5) is 0. The van der Waals surface area contributed by atoms with Crippen molar-refractivity contribution in [1.82, 2.24) is 0 Å². The molecule has 326 valence electrons. The number of benzene rings is 13. The van der Waals surface area contributed by atoms with E-state index in [4.69, 9.17) is 0 Å². The van der Waals surface area contributed by atoms with E-state index in [2.05, 4.69) is 279 Å². The zero-order valence-electron chi connectivity index (χ0n) is 38.6. The van der Waals surface area contributed by atoms with E-state index in [1.54, 1.807) is 0 Å². The van der Waals surface area contributed by atoms with Gasteiger partial charge in [-0.2, -0.15) is 0 Å². The molecule has 0 aliphatic heterocycles. The summed E-state index contributed by atoms with van der Waals surface area (Å²) in [5.41, 5.74) is 19.2. The predicted molar refractivity (Wildman–Crippen MR) is 300 cm³/mol. The summed E-state index contributed by atoms with van der Waals surface area (Å²) >= 11 is 0. The highest BCUT2D eigenvalue weighted by atomic mass is 14.3. The van der Waals surface area contributed by atoms with Crippen LogP contribution in [0.2, 0.25) is 0 Å². The smallest absolute Gasteiger partial charge is 0.00926 e. The summed E-state index contributed by atoms with van der Waals surface area (Å²) in [5.74, 6) is 0. The number of hydrogen-bond acceptors (Lipinski definition) is 0. The molecule has 0 fully saturated rings. The second-order valence-electron chi connectivity index (χ2n) is 18.3. The minimum Gasteiger partial charge on any atom is -0.0622 e. The molecule has 70 heavy (non-hydrogen) atoms. The van der Waals surface area contributed by atoms with Crippen molar-refractivity contribution in [2.75, 3.05) is 0 Å². The molecule has 13 rings (SSSR count). The molecule has 13 aromatic rings. The first kappa shape index (κ1) is 41.1. The van der Waals surface area contributed by atoms with Gasteiger partial charge in [-0.15, -0.1) is 0 Å². The van der Waals surface area contributed by atoms with Gasteiger partial charge in [0.25, 0.3) is 0 Å². The summed E-state index contributed by atoms with van der Waals surface area (Å²) in [7, 11) is 0. The lowest BCUT2D eigenvalue weighted by molar-refractivity contribution is 1.56. The summed E-state index contributed by atoms with van der Waals surface area (Å²) < 4.78 is 0. The van der Waals surface area contributed by atoms with Gasteiger partial charge in [-0.3, -0.25) is 0 Å². The third kappa shape index (κ3) is 7.35. The highest BCUT2D eigenvalue weighted by Crippen LogP contribution is 2.49. The van der Waals surface area contributed by atoms with Crippen LogP contribution in [0.15, 0.2) is 279 Å². The van der Waals surface area contributed by atoms with Gasteiger partial charge >= 0.3 is 0 Å². The average molecular weight is 887 g/mol. The summed E-state index contributed by atoms with van der Waals surface area (Å²) in [6.45, 7) is 0. The van der Waals surface area contributed by atoms with Crippen molar-refractivity contribution in [3.05, 3.63) is 279 Å². The fraction of sp³-hybridized carbons (Fsp3) is 0. The van der Waals surface area contributed by atoms with Crippen LogP contribution in [0.25, 0.3) is 132 Å². The van der Waals surface area contributed by atoms with Gasteiger partial charge in [0.05, 0.1) is 0 Å². The molecule has 0 aliphatic rings. The number of hydrogen-bond donors (Lipinski definition) is 0. The quantitative estimate of drug-likeness (QED) is 0.143. The highest BCUT2D eigenvalue weighted by Gasteiger charge is 2.22. The first-order chi connectivity index (χ1) is 34.7. The van der Waals surface area contributed by atoms with Crippen LogP contribution in [0.5, 0.6) is 0 Å². The Hall–Kier alpha value is -9.10. The van der Waals surface area contributed by atoms with E-state index in [1.807, 2.05) is 0 Å². The third-order valence-electron chi connectivity index (χ3n) is 14.2. The average Bonchev–Trinajstić information content (AvgIpc) is 3.44. The van der Waals surface area contributed by atoms with Crippen LogP contribution in [-0.2, 0) is 0 Å². The maximum Gasteiger partial charge on any atom is -0.00926 e. The fourth-order valence-electron chi connectivity index (χ4n) is 10.9. The van der Waals surface area contributed by atoms with E-state index >= 15 is 0 Å². The van der Waals surface area contributed by atoms with Crippen LogP contribution in [-0.4, -0.2) is 0 Å². The molecule has 0 saturated heterocycles. The second kappa shape index (κ2) is 17.5. The van der Waals surface area contributed by atoms with Gasteiger partial charge in [-0.1, -0.05) is 231 Å². The van der Waals surface area contributed by atoms with E-state index in [9.17, 15) is 0 Å². The van der Waals surface area contributed by atoms with Gasteiger partial charge in [0.2, 0.25) is 0 Å². The Labute approximate surface area is 409 Å². The van der Waals surface area contributed by atoms with Crippen LogP contribution in [0.3, 0.4) is 0 Å². The topological polar surface area (TPSA) is 0 Å². The first-order valence-corrected chi connectivity index (χ1v) is 24.2. The number of rotatable bonds is 8. The van der Waals surface area contributed by atoms with Gasteiger partial charge in [-0.25, -0.2) is 0 Å². The van der Waals surface area contributed by atoms with Crippen molar-refractivity contribution in [2.45, 2.75) is 0 Å². The zero-order valence-corrected chi connectivity index (χ0v) is 38.6. The zero-order chi connectivity index (χ0) is 46.4. The van der Waals surface area contributed by atoms with Gasteiger partial charge < -0.3 is 0 Å². The standard InChI is InChI=1S/C70H46/c1-3-21-47(22-4-1)63-39-49-25-7-9-27-51(49)41-65(63)57-33-15-17-35-59(57)67-43-53-29-11-13-31-55(53)45-69(67)61-37-19-20-38-62(61)70-46-56-32-14-12-30-54(56)44-68(70)60-36-18-16-34-58(60)66-42-52-28-10-8-26-50(52)40-64(66)48-23-5-2-6-24-48/h1-46H. The lowest BCUT2D eigenvalue weighted by atomic mass is 9.81. The number of fused-ring (bicyclic) bond motifs is 4. The molecule has 0 nitrogen and oxygen atoms in total.